The molecule has 1 aliphatic carbocycles. The minimum atomic E-state index is -0.409. The molecule has 1 aromatic carbocycles. The number of carbonyl (C=O) groups excluding carboxylic acids is 1. The van der Waals surface area contributed by atoms with Crippen LogP contribution in [0.1, 0.15) is 36.0 Å². The SMILES string of the molecule is CN(C(=O)c1ccc2nc[nH]c2c1)C1CCCCC1O. The Bertz CT molecular complexity index is 622. The molecule has 3 rings (SSSR count). The molecule has 0 saturated heterocycles. The standard InChI is InChI=1S/C15H19N3O2/c1-18(13-4-2-3-5-14(13)19)15(20)10-6-7-11-12(8-10)17-9-16-11/h6-9,13-14,19H,2-5H2,1H3,(H,16,17). The second kappa shape index (κ2) is 5.25. The molecule has 2 unspecified atom stereocenters. The third kappa shape index (κ3) is 2.29. The summed E-state index contributed by atoms with van der Waals surface area (Å²) in [7, 11) is 1.78. The lowest BCUT2D eigenvalue weighted by molar-refractivity contribution is 0.0268. The molecule has 1 aromatic heterocycles. The number of nitrogens with one attached hydrogen (secondary N) is 1. The summed E-state index contributed by atoms with van der Waals surface area (Å²) in [5.41, 5.74) is 2.33. The Morgan fingerprint density at radius 2 is 2.20 bits per heavy atom. The fraction of sp³-hybridized carbons (Fsp3) is 0.467. The number of aromatic amines is 1. The predicted octanol–water partition coefficient (Wildman–Crippen LogP) is 1.94. The van der Waals surface area contributed by atoms with Gasteiger partial charge < -0.3 is 15.0 Å². The summed E-state index contributed by atoms with van der Waals surface area (Å²) in [4.78, 5) is 21.4. The molecule has 5 nitrogen and oxygen atoms in total. The number of aliphatic hydroxyl groups is 1. The Hall–Kier alpha value is -1.88. The molecule has 1 aliphatic rings. The highest BCUT2D eigenvalue weighted by molar-refractivity contribution is 5.97. The van der Waals surface area contributed by atoms with Crippen LogP contribution in [0.2, 0.25) is 0 Å². The number of likely N-dealkylation sites (N-methyl/N-ethyl adjacent to an activating group) is 1. The highest BCUT2D eigenvalue weighted by atomic mass is 16.3. The molecule has 1 saturated carbocycles. The molecular weight excluding hydrogens is 254 g/mol. The number of nitrogens with zero attached hydrogens (tertiary/aromatic N) is 2. The monoisotopic (exact) mass is 273 g/mol. The maximum atomic E-state index is 12.5. The van der Waals surface area contributed by atoms with Crippen molar-refractivity contribution < 1.29 is 9.90 Å². The summed E-state index contributed by atoms with van der Waals surface area (Å²) in [5.74, 6) is -0.0487. The van der Waals surface area contributed by atoms with E-state index in [4.69, 9.17) is 0 Å². The van der Waals surface area contributed by atoms with Gasteiger partial charge in [-0.2, -0.15) is 0 Å². The zero-order valence-electron chi connectivity index (χ0n) is 11.5. The quantitative estimate of drug-likeness (QED) is 0.878. The van der Waals surface area contributed by atoms with Crippen molar-refractivity contribution in [2.24, 2.45) is 0 Å². The number of hydrogen-bond acceptors (Lipinski definition) is 3. The van der Waals surface area contributed by atoms with E-state index < -0.39 is 6.10 Å². The van der Waals surface area contributed by atoms with Gasteiger partial charge in [0, 0.05) is 12.6 Å². The van der Waals surface area contributed by atoms with Crippen molar-refractivity contribution in [2.45, 2.75) is 37.8 Å². The van der Waals surface area contributed by atoms with Gasteiger partial charge in [0.15, 0.2) is 0 Å². The first-order chi connectivity index (χ1) is 9.66. The van der Waals surface area contributed by atoms with Crippen LogP contribution in [0.15, 0.2) is 24.5 Å². The Morgan fingerprint density at radius 1 is 1.40 bits per heavy atom. The van der Waals surface area contributed by atoms with Crippen LogP contribution in [-0.2, 0) is 0 Å². The average molecular weight is 273 g/mol. The summed E-state index contributed by atoms with van der Waals surface area (Å²) in [5, 5.41) is 10.1. The number of rotatable bonds is 2. The van der Waals surface area contributed by atoms with Crippen molar-refractivity contribution in [1.82, 2.24) is 14.9 Å². The van der Waals surface area contributed by atoms with E-state index >= 15 is 0 Å². The smallest absolute Gasteiger partial charge is 0.254 e. The van der Waals surface area contributed by atoms with E-state index in [1.165, 1.54) is 0 Å². The van der Waals surface area contributed by atoms with Crippen molar-refractivity contribution >= 4 is 16.9 Å². The third-order valence-electron chi connectivity index (χ3n) is 4.18. The van der Waals surface area contributed by atoms with Crippen molar-refractivity contribution in [3.05, 3.63) is 30.1 Å². The van der Waals surface area contributed by atoms with Crippen LogP contribution in [0.5, 0.6) is 0 Å². The molecule has 2 aromatic rings. The van der Waals surface area contributed by atoms with Gasteiger partial charge in [-0.25, -0.2) is 4.98 Å². The number of carbonyl (C=O) groups is 1. The number of aromatic nitrogens is 2. The highest BCUT2D eigenvalue weighted by Crippen LogP contribution is 2.24. The van der Waals surface area contributed by atoms with Gasteiger partial charge in [0.1, 0.15) is 0 Å². The molecule has 5 heteroatoms. The molecular formula is C15H19N3O2. The summed E-state index contributed by atoms with van der Waals surface area (Å²) in [6.07, 6.45) is 4.97. The topological polar surface area (TPSA) is 69.2 Å². The van der Waals surface area contributed by atoms with Crippen LogP contribution >= 0.6 is 0 Å². The van der Waals surface area contributed by atoms with Gasteiger partial charge in [-0.3, -0.25) is 4.79 Å². The summed E-state index contributed by atoms with van der Waals surface area (Å²) in [6.45, 7) is 0. The summed E-state index contributed by atoms with van der Waals surface area (Å²) >= 11 is 0. The van der Waals surface area contributed by atoms with E-state index in [0.29, 0.717) is 5.56 Å². The molecule has 0 bridgehead atoms. The first kappa shape index (κ1) is 13.1. The third-order valence-corrected chi connectivity index (χ3v) is 4.18. The van der Waals surface area contributed by atoms with Crippen LogP contribution in [-0.4, -0.2) is 45.1 Å². The van der Waals surface area contributed by atoms with E-state index in [2.05, 4.69) is 9.97 Å². The van der Waals surface area contributed by atoms with Gasteiger partial charge in [0.05, 0.1) is 29.5 Å². The minimum Gasteiger partial charge on any atom is -0.391 e. The van der Waals surface area contributed by atoms with E-state index in [0.717, 1.165) is 36.7 Å². The fourth-order valence-corrected chi connectivity index (χ4v) is 2.97. The van der Waals surface area contributed by atoms with Crippen molar-refractivity contribution in [1.29, 1.82) is 0 Å². The zero-order valence-corrected chi connectivity index (χ0v) is 11.5. The van der Waals surface area contributed by atoms with Gasteiger partial charge >= 0.3 is 0 Å². The van der Waals surface area contributed by atoms with Crippen molar-refractivity contribution in [3.63, 3.8) is 0 Å². The minimum absolute atomic E-state index is 0.0487. The van der Waals surface area contributed by atoms with Gasteiger partial charge in [-0.1, -0.05) is 12.8 Å². The number of amides is 1. The molecule has 0 spiro atoms. The molecule has 0 radical (unpaired) electrons. The van der Waals surface area contributed by atoms with E-state index in [9.17, 15) is 9.90 Å². The van der Waals surface area contributed by atoms with Crippen molar-refractivity contribution in [3.8, 4) is 0 Å². The second-order valence-electron chi connectivity index (χ2n) is 5.47. The van der Waals surface area contributed by atoms with Crippen LogP contribution < -0.4 is 0 Å². The lowest BCUT2D eigenvalue weighted by Gasteiger charge is -2.35. The number of hydrogen-bond donors (Lipinski definition) is 2. The van der Waals surface area contributed by atoms with Gasteiger partial charge in [0.2, 0.25) is 0 Å². The zero-order chi connectivity index (χ0) is 14.1. The number of H-pyrrole nitrogens is 1. The van der Waals surface area contributed by atoms with Gasteiger partial charge in [-0.05, 0) is 31.0 Å². The lowest BCUT2D eigenvalue weighted by Crippen LogP contribution is -2.46. The number of fused-ring (bicyclic) bond motifs is 1. The Labute approximate surface area is 117 Å². The first-order valence-electron chi connectivity index (χ1n) is 7.05. The molecule has 1 amide bonds. The maximum absolute atomic E-state index is 12.5. The average Bonchev–Trinajstić information content (AvgIpc) is 2.93. The lowest BCUT2D eigenvalue weighted by atomic mass is 9.91. The Kier molecular flexibility index (Phi) is 3.44. The van der Waals surface area contributed by atoms with Gasteiger partial charge in [-0.15, -0.1) is 0 Å². The van der Waals surface area contributed by atoms with E-state index in [1.54, 1.807) is 24.3 Å². The highest BCUT2D eigenvalue weighted by Gasteiger charge is 2.29. The van der Waals surface area contributed by atoms with E-state index in [-0.39, 0.29) is 11.9 Å². The molecule has 1 fully saturated rings. The Morgan fingerprint density at radius 3 is 3.00 bits per heavy atom. The van der Waals surface area contributed by atoms with Crippen LogP contribution in [0.4, 0.5) is 0 Å². The number of imidazole rings is 1. The molecule has 2 atom stereocenters. The predicted molar refractivity (Wildman–Crippen MR) is 76.5 cm³/mol. The number of aliphatic hydroxyl groups excluding tert-OH is 1. The summed E-state index contributed by atoms with van der Waals surface area (Å²) < 4.78 is 0. The molecule has 2 N–H and O–H groups in total. The number of benzene rings is 1. The second-order valence-corrected chi connectivity index (χ2v) is 5.47. The molecule has 0 aliphatic heterocycles. The molecule has 20 heavy (non-hydrogen) atoms. The largest absolute Gasteiger partial charge is 0.391 e. The Balaban J connectivity index is 1.83. The van der Waals surface area contributed by atoms with Crippen LogP contribution in [0.25, 0.3) is 11.0 Å². The van der Waals surface area contributed by atoms with E-state index in [1.807, 2.05) is 12.1 Å². The first-order valence-corrected chi connectivity index (χ1v) is 7.05. The molecule has 1 heterocycles. The van der Waals surface area contributed by atoms with Gasteiger partial charge in [0.25, 0.3) is 5.91 Å². The normalized spacial score (nSPS) is 22.9. The fourth-order valence-electron chi connectivity index (χ4n) is 2.97. The van der Waals surface area contributed by atoms with Crippen LogP contribution in [0, 0.1) is 0 Å². The molecule has 106 valence electrons. The summed E-state index contributed by atoms with van der Waals surface area (Å²) in [6, 6.07) is 5.37. The van der Waals surface area contributed by atoms with Crippen molar-refractivity contribution in [2.75, 3.05) is 7.05 Å². The van der Waals surface area contributed by atoms with Crippen LogP contribution in [0.3, 0.4) is 0 Å². The maximum Gasteiger partial charge on any atom is 0.254 e.